The van der Waals surface area contributed by atoms with Crippen molar-refractivity contribution in [2.45, 2.75) is 19.4 Å². The van der Waals surface area contributed by atoms with E-state index in [-0.39, 0.29) is 0 Å². The molecule has 20 heavy (non-hydrogen) atoms. The van der Waals surface area contributed by atoms with Crippen LogP contribution >= 0.6 is 11.6 Å². The fraction of sp³-hybridized carbons (Fsp3) is 0.667. The Hall–Kier alpha value is -0.840. The summed E-state index contributed by atoms with van der Waals surface area (Å²) >= 11 is 6.38. The molecule has 0 aromatic carbocycles. The van der Waals surface area contributed by atoms with Crippen LogP contribution in [0.1, 0.15) is 18.4 Å². The second kappa shape index (κ2) is 7.25. The van der Waals surface area contributed by atoms with Crippen molar-refractivity contribution >= 4 is 17.4 Å². The van der Waals surface area contributed by atoms with Gasteiger partial charge in [-0.2, -0.15) is 0 Å². The first-order valence-electron chi connectivity index (χ1n) is 7.29. The number of piperidine rings is 1. The standard InChI is InChI=1S/C15H25ClN4/c1-17-9-13-8-14(16)15(18-10-13)20-6-4-12(5-7-20)11-19(2)3/h8,10,12,17H,4-7,9,11H2,1-3H3. The fourth-order valence-electron chi connectivity index (χ4n) is 2.85. The number of halogens is 1. The first kappa shape index (κ1) is 15.5. The van der Waals surface area contributed by atoms with Crippen LogP contribution in [0, 0.1) is 5.92 Å². The van der Waals surface area contributed by atoms with E-state index in [9.17, 15) is 0 Å². The van der Waals surface area contributed by atoms with Gasteiger partial charge in [0.2, 0.25) is 0 Å². The molecule has 0 bridgehead atoms. The van der Waals surface area contributed by atoms with Crippen molar-refractivity contribution in [2.75, 3.05) is 45.7 Å². The molecule has 112 valence electrons. The molecule has 0 saturated carbocycles. The number of anilines is 1. The van der Waals surface area contributed by atoms with Gasteiger partial charge in [0.15, 0.2) is 0 Å². The van der Waals surface area contributed by atoms with Crippen molar-refractivity contribution in [1.29, 1.82) is 0 Å². The lowest BCUT2D eigenvalue weighted by Crippen LogP contribution is -2.37. The largest absolute Gasteiger partial charge is 0.355 e. The monoisotopic (exact) mass is 296 g/mol. The Morgan fingerprint density at radius 1 is 1.40 bits per heavy atom. The van der Waals surface area contributed by atoms with Crippen LogP contribution in [0.15, 0.2) is 12.3 Å². The van der Waals surface area contributed by atoms with Crippen LogP contribution in [0.25, 0.3) is 0 Å². The maximum atomic E-state index is 6.38. The molecule has 1 aliphatic rings. The van der Waals surface area contributed by atoms with E-state index in [2.05, 4.69) is 34.2 Å². The molecule has 1 aromatic rings. The molecule has 0 spiro atoms. The summed E-state index contributed by atoms with van der Waals surface area (Å²) in [6.07, 6.45) is 4.35. The predicted molar refractivity (Wildman–Crippen MR) is 85.5 cm³/mol. The van der Waals surface area contributed by atoms with Gasteiger partial charge >= 0.3 is 0 Å². The highest BCUT2D eigenvalue weighted by Crippen LogP contribution is 2.28. The number of nitrogens with one attached hydrogen (secondary N) is 1. The number of nitrogens with zero attached hydrogens (tertiary/aromatic N) is 3. The van der Waals surface area contributed by atoms with Crippen LogP contribution in [0.4, 0.5) is 5.82 Å². The lowest BCUT2D eigenvalue weighted by molar-refractivity contribution is 0.284. The molecule has 0 atom stereocenters. The van der Waals surface area contributed by atoms with Gasteiger partial charge in [0.05, 0.1) is 5.02 Å². The average Bonchev–Trinajstić information content (AvgIpc) is 2.40. The van der Waals surface area contributed by atoms with Crippen molar-refractivity contribution in [3.8, 4) is 0 Å². The average molecular weight is 297 g/mol. The van der Waals surface area contributed by atoms with E-state index in [0.717, 1.165) is 42.0 Å². The lowest BCUT2D eigenvalue weighted by atomic mass is 9.96. The lowest BCUT2D eigenvalue weighted by Gasteiger charge is -2.34. The highest BCUT2D eigenvalue weighted by atomic mass is 35.5. The van der Waals surface area contributed by atoms with Gasteiger partial charge in [-0.25, -0.2) is 4.98 Å². The molecule has 0 unspecified atom stereocenters. The maximum Gasteiger partial charge on any atom is 0.147 e. The first-order chi connectivity index (χ1) is 9.60. The molecule has 1 aromatic heterocycles. The van der Waals surface area contributed by atoms with E-state index < -0.39 is 0 Å². The number of pyridine rings is 1. The fourth-order valence-corrected chi connectivity index (χ4v) is 3.16. The van der Waals surface area contributed by atoms with Gasteiger partial charge in [-0.05, 0) is 51.5 Å². The van der Waals surface area contributed by atoms with Crippen molar-refractivity contribution in [3.05, 3.63) is 22.8 Å². The van der Waals surface area contributed by atoms with Gasteiger partial charge in [0.25, 0.3) is 0 Å². The highest BCUT2D eigenvalue weighted by Gasteiger charge is 2.22. The summed E-state index contributed by atoms with van der Waals surface area (Å²) < 4.78 is 0. The van der Waals surface area contributed by atoms with Crippen LogP contribution in [-0.4, -0.2) is 50.7 Å². The molecule has 1 fully saturated rings. The topological polar surface area (TPSA) is 31.4 Å². The Morgan fingerprint density at radius 3 is 2.65 bits per heavy atom. The zero-order chi connectivity index (χ0) is 14.5. The molecule has 4 nitrogen and oxygen atoms in total. The minimum absolute atomic E-state index is 0.767. The summed E-state index contributed by atoms with van der Waals surface area (Å²) in [5.41, 5.74) is 1.13. The molecule has 1 saturated heterocycles. The molecule has 0 radical (unpaired) electrons. The molecule has 5 heteroatoms. The molecular weight excluding hydrogens is 272 g/mol. The number of hydrogen-bond donors (Lipinski definition) is 1. The van der Waals surface area contributed by atoms with Gasteiger partial charge in [-0.1, -0.05) is 11.6 Å². The van der Waals surface area contributed by atoms with Gasteiger partial charge in [-0.15, -0.1) is 0 Å². The zero-order valence-electron chi connectivity index (χ0n) is 12.7. The van der Waals surface area contributed by atoms with E-state index in [4.69, 9.17) is 11.6 Å². The van der Waals surface area contributed by atoms with Crippen molar-refractivity contribution < 1.29 is 0 Å². The second-order valence-corrected chi connectivity index (χ2v) is 6.28. The molecule has 0 aliphatic carbocycles. The van der Waals surface area contributed by atoms with Crippen LogP contribution in [-0.2, 0) is 6.54 Å². The smallest absolute Gasteiger partial charge is 0.147 e. The summed E-state index contributed by atoms with van der Waals surface area (Å²) in [5.74, 6) is 1.73. The third kappa shape index (κ3) is 4.08. The minimum atomic E-state index is 0.767. The Kier molecular flexibility index (Phi) is 5.64. The molecule has 1 aliphatic heterocycles. The summed E-state index contributed by atoms with van der Waals surface area (Å²) in [6, 6.07) is 2.02. The first-order valence-corrected chi connectivity index (χ1v) is 7.66. The summed E-state index contributed by atoms with van der Waals surface area (Å²) in [5, 5.41) is 3.88. The van der Waals surface area contributed by atoms with E-state index in [0.29, 0.717) is 0 Å². The van der Waals surface area contributed by atoms with Crippen LogP contribution in [0.3, 0.4) is 0 Å². The highest BCUT2D eigenvalue weighted by molar-refractivity contribution is 6.33. The quantitative estimate of drug-likeness (QED) is 0.903. The van der Waals surface area contributed by atoms with Crippen molar-refractivity contribution in [3.63, 3.8) is 0 Å². The molecule has 1 N–H and O–H groups in total. The molecule has 0 amide bonds. The minimum Gasteiger partial charge on any atom is -0.355 e. The van der Waals surface area contributed by atoms with Gasteiger partial charge < -0.3 is 15.1 Å². The van der Waals surface area contributed by atoms with Crippen LogP contribution in [0.2, 0.25) is 5.02 Å². The number of aromatic nitrogens is 1. The Labute approximate surface area is 127 Å². The molecule has 2 rings (SSSR count). The van der Waals surface area contributed by atoms with Gasteiger partial charge in [0, 0.05) is 32.4 Å². The molecular formula is C15H25ClN4. The van der Waals surface area contributed by atoms with E-state index >= 15 is 0 Å². The third-order valence-electron chi connectivity index (χ3n) is 3.80. The summed E-state index contributed by atoms with van der Waals surface area (Å²) in [7, 11) is 6.22. The van der Waals surface area contributed by atoms with E-state index in [1.165, 1.54) is 19.4 Å². The predicted octanol–water partition coefficient (Wildman–Crippen LogP) is 2.23. The summed E-state index contributed by atoms with van der Waals surface area (Å²) in [4.78, 5) is 9.14. The van der Waals surface area contributed by atoms with Crippen molar-refractivity contribution in [2.24, 2.45) is 5.92 Å². The number of rotatable bonds is 5. The third-order valence-corrected chi connectivity index (χ3v) is 4.07. The Balaban J connectivity index is 1.96. The SMILES string of the molecule is CNCc1cnc(N2CCC(CN(C)C)CC2)c(Cl)c1. The zero-order valence-corrected chi connectivity index (χ0v) is 13.5. The summed E-state index contributed by atoms with van der Waals surface area (Å²) in [6.45, 7) is 4.08. The Morgan fingerprint density at radius 2 is 2.10 bits per heavy atom. The number of hydrogen-bond acceptors (Lipinski definition) is 4. The van der Waals surface area contributed by atoms with E-state index in [1.807, 2.05) is 19.3 Å². The van der Waals surface area contributed by atoms with Crippen LogP contribution < -0.4 is 10.2 Å². The van der Waals surface area contributed by atoms with E-state index in [1.54, 1.807) is 0 Å². The second-order valence-electron chi connectivity index (χ2n) is 5.87. The van der Waals surface area contributed by atoms with Gasteiger partial charge in [0.1, 0.15) is 5.82 Å². The van der Waals surface area contributed by atoms with Crippen molar-refractivity contribution in [1.82, 2.24) is 15.2 Å². The molecule has 2 heterocycles. The maximum absolute atomic E-state index is 6.38. The van der Waals surface area contributed by atoms with Crippen LogP contribution in [0.5, 0.6) is 0 Å². The Bertz CT molecular complexity index is 428. The van der Waals surface area contributed by atoms with Gasteiger partial charge in [-0.3, -0.25) is 0 Å². The normalized spacial score (nSPS) is 16.9.